The van der Waals surface area contributed by atoms with Gasteiger partial charge in [-0.15, -0.1) is 0 Å². The summed E-state index contributed by atoms with van der Waals surface area (Å²) in [5.74, 6) is 0.457. The van der Waals surface area contributed by atoms with Gasteiger partial charge in [0.2, 0.25) is 5.75 Å². The number of hydrogen-bond donors (Lipinski definition) is 1. The first-order chi connectivity index (χ1) is 12.8. The first-order valence-corrected chi connectivity index (χ1v) is 9.44. The maximum atomic E-state index is 12.4. The zero-order valence-corrected chi connectivity index (χ0v) is 15.1. The normalized spacial score (nSPS) is 11.0. The summed E-state index contributed by atoms with van der Waals surface area (Å²) in [5.41, 5.74) is 1.16. The van der Waals surface area contributed by atoms with Crippen molar-refractivity contribution in [1.82, 2.24) is 0 Å². The molecule has 1 N–H and O–H groups in total. The molecule has 0 heterocycles. The molecule has 3 rings (SSSR count). The number of anilines is 1. The standard InChI is InChI=1S/C19H16N2O5S/c1-14-6-12-17(13-7-14)27(24,25)20-15-8-10-16(11-9-15)26-19-5-3-2-4-18(19)21(22)23/h2-13,20H,1H3. The second-order valence-electron chi connectivity index (χ2n) is 5.77. The average Bonchev–Trinajstić information content (AvgIpc) is 2.64. The molecule has 8 heteroatoms. The maximum Gasteiger partial charge on any atom is 0.311 e. The Morgan fingerprint density at radius 3 is 2.19 bits per heavy atom. The lowest BCUT2D eigenvalue weighted by atomic mass is 10.2. The molecule has 0 saturated heterocycles. The van der Waals surface area contributed by atoms with E-state index in [0.29, 0.717) is 11.4 Å². The highest BCUT2D eigenvalue weighted by Crippen LogP contribution is 2.31. The van der Waals surface area contributed by atoms with Crippen LogP contribution in [-0.4, -0.2) is 13.3 Å². The zero-order chi connectivity index (χ0) is 19.4. The van der Waals surface area contributed by atoms with Gasteiger partial charge in [-0.2, -0.15) is 0 Å². The number of rotatable bonds is 6. The van der Waals surface area contributed by atoms with Gasteiger partial charge in [0.05, 0.1) is 9.82 Å². The molecular weight excluding hydrogens is 368 g/mol. The van der Waals surface area contributed by atoms with E-state index in [9.17, 15) is 18.5 Å². The van der Waals surface area contributed by atoms with E-state index >= 15 is 0 Å². The Bertz CT molecular complexity index is 1060. The van der Waals surface area contributed by atoms with Crippen LogP contribution >= 0.6 is 0 Å². The third-order valence-corrected chi connectivity index (χ3v) is 5.12. The van der Waals surface area contributed by atoms with Crippen LogP contribution in [0, 0.1) is 17.0 Å². The summed E-state index contributed by atoms with van der Waals surface area (Å²) >= 11 is 0. The molecule has 0 fully saturated rings. The number of nitrogens with zero attached hydrogens (tertiary/aromatic N) is 1. The summed E-state index contributed by atoms with van der Waals surface area (Å²) in [6, 6.07) is 18.6. The van der Waals surface area contributed by atoms with Gasteiger partial charge < -0.3 is 4.74 Å². The molecule has 27 heavy (non-hydrogen) atoms. The van der Waals surface area contributed by atoms with Crippen LogP contribution in [-0.2, 0) is 10.0 Å². The number of ether oxygens (including phenoxy) is 1. The van der Waals surface area contributed by atoms with Gasteiger partial charge in [-0.1, -0.05) is 29.8 Å². The second kappa shape index (κ2) is 7.46. The Morgan fingerprint density at radius 2 is 1.56 bits per heavy atom. The zero-order valence-electron chi connectivity index (χ0n) is 14.3. The minimum Gasteiger partial charge on any atom is -0.450 e. The maximum absolute atomic E-state index is 12.4. The fourth-order valence-electron chi connectivity index (χ4n) is 2.34. The van der Waals surface area contributed by atoms with Crippen molar-refractivity contribution in [2.75, 3.05) is 4.72 Å². The molecule has 0 aromatic heterocycles. The van der Waals surface area contributed by atoms with Crippen molar-refractivity contribution in [2.24, 2.45) is 0 Å². The molecule has 3 aromatic rings. The predicted molar refractivity (Wildman–Crippen MR) is 102 cm³/mol. The fourth-order valence-corrected chi connectivity index (χ4v) is 3.40. The third kappa shape index (κ3) is 4.42. The third-order valence-electron chi connectivity index (χ3n) is 3.73. The number of aryl methyl sites for hydroxylation is 1. The number of nitro groups is 1. The van der Waals surface area contributed by atoms with Crippen molar-refractivity contribution in [3.8, 4) is 11.5 Å². The van der Waals surface area contributed by atoms with Gasteiger partial charge in [0.1, 0.15) is 5.75 Å². The van der Waals surface area contributed by atoms with Crippen molar-refractivity contribution < 1.29 is 18.1 Å². The summed E-state index contributed by atoms with van der Waals surface area (Å²) in [6.07, 6.45) is 0. The van der Waals surface area contributed by atoms with Crippen molar-refractivity contribution in [3.63, 3.8) is 0 Å². The van der Waals surface area contributed by atoms with Crippen molar-refractivity contribution in [2.45, 2.75) is 11.8 Å². The summed E-state index contributed by atoms with van der Waals surface area (Å²) in [4.78, 5) is 10.7. The lowest BCUT2D eigenvalue weighted by Gasteiger charge is -2.10. The van der Waals surface area contributed by atoms with Gasteiger partial charge in [-0.25, -0.2) is 8.42 Å². The summed E-state index contributed by atoms with van der Waals surface area (Å²) < 4.78 is 32.8. The minimum atomic E-state index is -3.70. The molecule has 0 aliphatic heterocycles. The summed E-state index contributed by atoms with van der Waals surface area (Å²) in [7, 11) is -3.70. The lowest BCUT2D eigenvalue weighted by Crippen LogP contribution is -2.12. The first-order valence-electron chi connectivity index (χ1n) is 7.96. The van der Waals surface area contributed by atoms with E-state index < -0.39 is 14.9 Å². The number of sulfonamides is 1. The molecule has 0 aliphatic carbocycles. The highest BCUT2D eigenvalue weighted by Gasteiger charge is 2.16. The van der Waals surface area contributed by atoms with Crippen LogP contribution in [0.3, 0.4) is 0 Å². The molecule has 138 valence electrons. The van der Waals surface area contributed by atoms with E-state index in [1.54, 1.807) is 24.3 Å². The molecule has 3 aromatic carbocycles. The van der Waals surface area contributed by atoms with Crippen LogP contribution in [0.4, 0.5) is 11.4 Å². The average molecular weight is 384 g/mol. The second-order valence-corrected chi connectivity index (χ2v) is 7.45. The molecule has 0 spiro atoms. The molecule has 0 amide bonds. The van der Waals surface area contributed by atoms with Gasteiger partial charge in [-0.05, 0) is 49.4 Å². The fraction of sp³-hybridized carbons (Fsp3) is 0.0526. The smallest absolute Gasteiger partial charge is 0.311 e. The SMILES string of the molecule is Cc1ccc(S(=O)(=O)Nc2ccc(Oc3ccccc3[N+](=O)[O-])cc2)cc1. The number of nitrogens with one attached hydrogen (secondary N) is 1. The molecule has 0 saturated carbocycles. The summed E-state index contributed by atoms with van der Waals surface area (Å²) in [5, 5.41) is 11.0. The number of benzene rings is 3. The Balaban J connectivity index is 1.76. The van der Waals surface area contributed by atoms with E-state index in [1.165, 1.54) is 48.5 Å². The number of nitro benzene ring substituents is 1. The topological polar surface area (TPSA) is 98.5 Å². The van der Waals surface area contributed by atoms with Gasteiger partial charge >= 0.3 is 5.69 Å². The monoisotopic (exact) mass is 384 g/mol. The van der Waals surface area contributed by atoms with Crippen LogP contribution in [0.5, 0.6) is 11.5 Å². The predicted octanol–water partition coefficient (Wildman–Crippen LogP) is 4.50. The van der Waals surface area contributed by atoms with E-state index in [0.717, 1.165) is 5.56 Å². The van der Waals surface area contributed by atoms with Crippen LogP contribution < -0.4 is 9.46 Å². The van der Waals surface area contributed by atoms with Crippen molar-refractivity contribution >= 4 is 21.4 Å². The minimum absolute atomic E-state index is 0.107. The highest BCUT2D eigenvalue weighted by molar-refractivity contribution is 7.92. The highest BCUT2D eigenvalue weighted by atomic mass is 32.2. The van der Waals surface area contributed by atoms with Crippen molar-refractivity contribution in [1.29, 1.82) is 0 Å². The molecule has 0 atom stereocenters. The Morgan fingerprint density at radius 1 is 0.926 bits per heavy atom. The summed E-state index contributed by atoms with van der Waals surface area (Å²) in [6.45, 7) is 1.87. The Kier molecular flexibility index (Phi) is 5.09. The van der Waals surface area contributed by atoms with Crippen LogP contribution in [0.15, 0.2) is 77.7 Å². The van der Waals surface area contributed by atoms with Crippen LogP contribution in [0.2, 0.25) is 0 Å². The molecule has 0 unspecified atom stereocenters. The van der Waals surface area contributed by atoms with Crippen LogP contribution in [0.25, 0.3) is 0 Å². The molecule has 7 nitrogen and oxygen atoms in total. The number of para-hydroxylation sites is 2. The molecule has 0 bridgehead atoms. The van der Waals surface area contributed by atoms with Gasteiger partial charge in [0.25, 0.3) is 10.0 Å². The lowest BCUT2D eigenvalue weighted by molar-refractivity contribution is -0.385. The molecule has 0 aliphatic rings. The van der Waals surface area contributed by atoms with Crippen LogP contribution in [0.1, 0.15) is 5.56 Å². The quantitative estimate of drug-likeness (QED) is 0.498. The molecule has 0 radical (unpaired) electrons. The van der Waals surface area contributed by atoms with Crippen molar-refractivity contribution in [3.05, 3.63) is 88.5 Å². The number of hydrogen-bond acceptors (Lipinski definition) is 5. The van der Waals surface area contributed by atoms with Gasteiger partial charge in [0, 0.05) is 11.8 Å². The largest absolute Gasteiger partial charge is 0.450 e. The Labute approximate surface area is 156 Å². The van der Waals surface area contributed by atoms with E-state index in [4.69, 9.17) is 4.74 Å². The van der Waals surface area contributed by atoms with Gasteiger partial charge in [-0.3, -0.25) is 14.8 Å². The van der Waals surface area contributed by atoms with E-state index in [1.807, 2.05) is 6.92 Å². The van der Waals surface area contributed by atoms with E-state index in [2.05, 4.69) is 4.72 Å². The Hall–Kier alpha value is -3.39. The van der Waals surface area contributed by atoms with E-state index in [-0.39, 0.29) is 16.3 Å². The first kappa shape index (κ1) is 18.4. The van der Waals surface area contributed by atoms with Gasteiger partial charge in [0.15, 0.2) is 0 Å². The molecular formula is C19H16N2O5S.